The van der Waals surface area contributed by atoms with Gasteiger partial charge < -0.3 is 15.0 Å². The third-order valence-electron chi connectivity index (χ3n) is 5.20. The van der Waals surface area contributed by atoms with E-state index in [1.807, 2.05) is 51.1 Å². The van der Waals surface area contributed by atoms with Gasteiger partial charge in [-0.05, 0) is 63.9 Å². The Morgan fingerprint density at radius 2 is 1.62 bits per heavy atom. The maximum atomic E-state index is 13.4. The molecule has 0 spiro atoms. The summed E-state index contributed by atoms with van der Waals surface area (Å²) in [7, 11) is -3.76. The number of carbonyl (C=O) groups excluding carboxylic acids is 2. The number of sulfonamides is 1. The van der Waals surface area contributed by atoms with Gasteiger partial charge in [0, 0.05) is 12.6 Å². The van der Waals surface area contributed by atoms with Crippen LogP contribution in [-0.2, 0) is 26.0 Å². The zero-order valence-corrected chi connectivity index (χ0v) is 21.3. The Morgan fingerprint density at radius 1 is 1.00 bits per heavy atom. The first-order chi connectivity index (χ1) is 16.0. The van der Waals surface area contributed by atoms with Crippen LogP contribution in [0.2, 0.25) is 0 Å². The number of nitrogens with zero attached hydrogens (tertiary/aromatic N) is 2. The predicted octanol–water partition coefficient (Wildman–Crippen LogP) is 2.84. The standard InChI is InChI=1S/C25H35N3O5S/c1-6-33-23-14-12-22(13-15-23)28(34(5,31)32)18-24(29)27(20(4)25(30)26-19(2)3)17-16-21-10-8-7-9-11-21/h7-15,19-20H,6,16-18H2,1-5H3,(H,26,30). The van der Waals surface area contributed by atoms with Crippen molar-refractivity contribution in [2.24, 2.45) is 0 Å². The van der Waals surface area contributed by atoms with E-state index in [4.69, 9.17) is 4.74 Å². The van der Waals surface area contributed by atoms with Gasteiger partial charge in [-0.3, -0.25) is 13.9 Å². The molecule has 1 unspecified atom stereocenters. The summed E-state index contributed by atoms with van der Waals surface area (Å²) in [5.74, 6) is -0.139. The van der Waals surface area contributed by atoms with Gasteiger partial charge in [0.1, 0.15) is 18.3 Å². The second-order valence-electron chi connectivity index (χ2n) is 8.36. The highest BCUT2D eigenvalue weighted by Crippen LogP contribution is 2.22. The van der Waals surface area contributed by atoms with Crippen LogP contribution >= 0.6 is 0 Å². The molecule has 1 N–H and O–H groups in total. The van der Waals surface area contributed by atoms with Crippen LogP contribution < -0.4 is 14.4 Å². The Balaban J connectivity index is 2.29. The number of anilines is 1. The van der Waals surface area contributed by atoms with Gasteiger partial charge in [0.25, 0.3) is 0 Å². The third-order valence-corrected chi connectivity index (χ3v) is 6.34. The van der Waals surface area contributed by atoms with Crippen LogP contribution in [0.1, 0.15) is 33.3 Å². The monoisotopic (exact) mass is 489 g/mol. The van der Waals surface area contributed by atoms with Gasteiger partial charge in [0.15, 0.2) is 0 Å². The minimum Gasteiger partial charge on any atom is -0.494 e. The Morgan fingerprint density at radius 3 is 2.15 bits per heavy atom. The lowest BCUT2D eigenvalue weighted by Gasteiger charge is -2.31. The summed E-state index contributed by atoms with van der Waals surface area (Å²) in [6.45, 7) is 7.55. The molecule has 0 aliphatic rings. The summed E-state index contributed by atoms with van der Waals surface area (Å²) >= 11 is 0. The van der Waals surface area contributed by atoms with E-state index in [1.54, 1.807) is 31.2 Å². The number of hydrogen-bond donors (Lipinski definition) is 1. The van der Waals surface area contributed by atoms with Gasteiger partial charge in [-0.1, -0.05) is 30.3 Å². The molecule has 34 heavy (non-hydrogen) atoms. The highest BCUT2D eigenvalue weighted by molar-refractivity contribution is 7.92. The Hall–Kier alpha value is -3.07. The van der Waals surface area contributed by atoms with Crippen LogP contribution in [0, 0.1) is 0 Å². The normalized spacial score (nSPS) is 12.2. The summed E-state index contributed by atoms with van der Waals surface area (Å²) in [5, 5.41) is 2.83. The summed E-state index contributed by atoms with van der Waals surface area (Å²) in [5.41, 5.74) is 1.37. The van der Waals surface area contributed by atoms with Gasteiger partial charge >= 0.3 is 0 Å². The number of nitrogens with one attached hydrogen (secondary N) is 1. The van der Waals surface area contributed by atoms with Gasteiger partial charge in [-0.15, -0.1) is 0 Å². The van der Waals surface area contributed by atoms with Gasteiger partial charge in [-0.2, -0.15) is 0 Å². The first kappa shape index (κ1) is 27.2. The quantitative estimate of drug-likeness (QED) is 0.495. The SMILES string of the molecule is CCOc1ccc(N(CC(=O)N(CCc2ccccc2)C(C)C(=O)NC(C)C)S(C)(=O)=O)cc1. The molecule has 0 aliphatic heterocycles. The van der Waals surface area contributed by atoms with E-state index in [-0.39, 0.29) is 18.5 Å². The van der Waals surface area contributed by atoms with E-state index in [2.05, 4.69) is 5.32 Å². The molecule has 2 aromatic carbocycles. The predicted molar refractivity (Wildman–Crippen MR) is 134 cm³/mol. The summed E-state index contributed by atoms with van der Waals surface area (Å²) < 4.78 is 31.6. The summed E-state index contributed by atoms with van der Waals surface area (Å²) in [4.78, 5) is 27.6. The molecule has 0 saturated carbocycles. The smallest absolute Gasteiger partial charge is 0.244 e. The third kappa shape index (κ3) is 8.06. The van der Waals surface area contributed by atoms with Crippen molar-refractivity contribution < 1.29 is 22.7 Å². The first-order valence-corrected chi connectivity index (χ1v) is 13.2. The summed E-state index contributed by atoms with van der Waals surface area (Å²) in [6, 6.07) is 15.3. The molecule has 186 valence electrons. The van der Waals surface area contributed by atoms with Crippen LogP contribution in [0.4, 0.5) is 5.69 Å². The number of carbonyl (C=O) groups is 2. The number of rotatable bonds is 12. The molecule has 2 aromatic rings. The second kappa shape index (κ2) is 12.4. The van der Waals surface area contributed by atoms with Crippen molar-refractivity contribution in [1.29, 1.82) is 0 Å². The minimum atomic E-state index is -3.76. The molecular weight excluding hydrogens is 454 g/mol. The fraction of sp³-hybridized carbons (Fsp3) is 0.440. The average molecular weight is 490 g/mol. The maximum absolute atomic E-state index is 13.4. The summed E-state index contributed by atoms with van der Waals surface area (Å²) in [6.07, 6.45) is 1.59. The Labute approximate surface area is 202 Å². The molecule has 0 bridgehead atoms. The van der Waals surface area contributed by atoms with Crippen LogP contribution in [0.15, 0.2) is 54.6 Å². The van der Waals surface area contributed by atoms with E-state index in [0.29, 0.717) is 24.5 Å². The van der Waals surface area contributed by atoms with Crippen LogP contribution in [0.5, 0.6) is 5.75 Å². The molecule has 8 nitrogen and oxygen atoms in total. The van der Waals surface area contributed by atoms with Gasteiger partial charge in [-0.25, -0.2) is 8.42 Å². The lowest BCUT2D eigenvalue weighted by Crippen LogP contribution is -2.53. The van der Waals surface area contributed by atoms with E-state index in [9.17, 15) is 18.0 Å². The topological polar surface area (TPSA) is 96.0 Å². The highest BCUT2D eigenvalue weighted by Gasteiger charge is 2.30. The molecule has 0 aromatic heterocycles. The second-order valence-corrected chi connectivity index (χ2v) is 10.3. The number of hydrogen-bond acceptors (Lipinski definition) is 5. The van der Waals surface area contributed by atoms with Crippen LogP contribution in [0.25, 0.3) is 0 Å². The molecule has 9 heteroatoms. The molecular formula is C25H35N3O5S. The van der Waals surface area contributed by atoms with Crippen molar-refractivity contribution in [3.8, 4) is 5.75 Å². The minimum absolute atomic E-state index is 0.0857. The Bertz CT molecular complexity index is 1040. The molecule has 0 radical (unpaired) electrons. The van der Waals surface area contributed by atoms with Crippen LogP contribution in [0.3, 0.4) is 0 Å². The molecule has 2 amide bonds. The van der Waals surface area contributed by atoms with Crippen LogP contribution in [-0.4, -0.2) is 63.2 Å². The number of ether oxygens (including phenoxy) is 1. The van der Waals surface area contributed by atoms with Crippen molar-refractivity contribution in [1.82, 2.24) is 10.2 Å². The average Bonchev–Trinajstić information content (AvgIpc) is 2.78. The molecule has 0 aliphatic carbocycles. The largest absolute Gasteiger partial charge is 0.494 e. The zero-order chi connectivity index (χ0) is 25.3. The van der Waals surface area contributed by atoms with E-state index in [1.165, 1.54) is 4.90 Å². The molecule has 0 saturated heterocycles. The van der Waals surface area contributed by atoms with Gasteiger partial charge in [0.05, 0.1) is 18.6 Å². The molecule has 0 fully saturated rings. The van der Waals surface area contributed by atoms with E-state index >= 15 is 0 Å². The number of benzene rings is 2. The van der Waals surface area contributed by atoms with E-state index in [0.717, 1.165) is 16.1 Å². The van der Waals surface area contributed by atoms with Crippen molar-refractivity contribution in [3.05, 3.63) is 60.2 Å². The molecule has 0 heterocycles. The highest BCUT2D eigenvalue weighted by atomic mass is 32.2. The zero-order valence-electron chi connectivity index (χ0n) is 20.5. The molecule has 2 rings (SSSR count). The fourth-order valence-electron chi connectivity index (χ4n) is 3.46. The molecule has 1 atom stereocenters. The van der Waals surface area contributed by atoms with Crippen molar-refractivity contribution in [2.45, 2.75) is 46.2 Å². The maximum Gasteiger partial charge on any atom is 0.244 e. The van der Waals surface area contributed by atoms with Crippen molar-refractivity contribution in [3.63, 3.8) is 0 Å². The Kier molecular flexibility index (Phi) is 9.92. The first-order valence-electron chi connectivity index (χ1n) is 11.4. The van der Waals surface area contributed by atoms with E-state index < -0.39 is 28.5 Å². The van der Waals surface area contributed by atoms with Gasteiger partial charge in [0.2, 0.25) is 21.8 Å². The lowest BCUT2D eigenvalue weighted by molar-refractivity contribution is -0.139. The fourth-order valence-corrected chi connectivity index (χ4v) is 4.31. The van der Waals surface area contributed by atoms with Crippen molar-refractivity contribution >= 4 is 27.5 Å². The number of amides is 2. The van der Waals surface area contributed by atoms with Crippen molar-refractivity contribution in [2.75, 3.05) is 30.3 Å². The lowest BCUT2D eigenvalue weighted by atomic mass is 10.1.